The van der Waals surface area contributed by atoms with E-state index >= 15 is 0 Å². The number of rotatable bonds is 3. The SMILES string of the molecule is O=[N+]([O-])c1cc(F)cc(NC2CCNC2)c1. The molecule has 1 aliphatic rings. The molecular weight excluding hydrogens is 213 g/mol. The average molecular weight is 225 g/mol. The minimum Gasteiger partial charge on any atom is -0.381 e. The Bertz CT molecular complexity index is 405. The van der Waals surface area contributed by atoms with Crippen LogP contribution in [-0.4, -0.2) is 24.1 Å². The Morgan fingerprint density at radius 2 is 2.31 bits per heavy atom. The van der Waals surface area contributed by atoms with Gasteiger partial charge in [0.1, 0.15) is 5.82 Å². The van der Waals surface area contributed by atoms with Gasteiger partial charge in [-0.15, -0.1) is 0 Å². The van der Waals surface area contributed by atoms with Gasteiger partial charge in [-0.2, -0.15) is 0 Å². The fourth-order valence-electron chi connectivity index (χ4n) is 1.78. The summed E-state index contributed by atoms with van der Waals surface area (Å²) >= 11 is 0. The van der Waals surface area contributed by atoms with E-state index in [2.05, 4.69) is 10.6 Å². The summed E-state index contributed by atoms with van der Waals surface area (Å²) in [5.74, 6) is -0.595. The van der Waals surface area contributed by atoms with Crippen LogP contribution in [0.4, 0.5) is 15.8 Å². The Morgan fingerprint density at radius 1 is 1.50 bits per heavy atom. The van der Waals surface area contributed by atoms with Crippen LogP contribution in [0.1, 0.15) is 6.42 Å². The van der Waals surface area contributed by atoms with Crippen molar-refractivity contribution in [3.05, 3.63) is 34.1 Å². The number of hydrogen-bond donors (Lipinski definition) is 2. The van der Waals surface area contributed by atoms with Gasteiger partial charge in [-0.05, 0) is 19.0 Å². The highest BCUT2D eigenvalue weighted by Gasteiger charge is 2.16. The standard InChI is InChI=1S/C10H12FN3O2/c11-7-3-9(5-10(4-7)14(15)16)13-8-1-2-12-6-8/h3-5,8,12-13H,1-2,6H2. The predicted octanol–water partition coefficient (Wildman–Crippen LogP) is 1.51. The molecule has 1 fully saturated rings. The van der Waals surface area contributed by atoms with Crippen molar-refractivity contribution in [3.63, 3.8) is 0 Å². The van der Waals surface area contributed by atoms with E-state index in [1.807, 2.05) is 0 Å². The van der Waals surface area contributed by atoms with Gasteiger partial charge in [-0.25, -0.2) is 4.39 Å². The first-order chi connectivity index (χ1) is 7.65. The van der Waals surface area contributed by atoms with Crippen molar-refractivity contribution in [2.24, 2.45) is 0 Å². The molecule has 0 radical (unpaired) electrons. The van der Waals surface area contributed by atoms with Crippen molar-refractivity contribution < 1.29 is 9.31 Å². The van der Waals surface area contributed by atoms with Gasteiger partial charge in [-0.3, -0.25) is 10.1 Å². The van der Waals surface area contributed by atoms with Crippen LogP contribution < -0.4 is 10.6 Å². The number of nitro groups is 1. The number of nitrogens with one attached hydrogen (secondary N) is 2. The van der Waals surface area contributed by atoms with Crippen LogP contribution in [0.5, 0.6) is 0 Å². The van der Waals surface area contributed by atoms with Gasteiger partial charge < -0.3 is 10.6 Å². The summed E-state index contributed by atoms with van der Waals surface area (Å²) in [7, 11) is 0. The highest BCUT2D eigenvalue weighted by atomic mass is 19.1. The summed E-state index contributed by atoms with van der Waals surface area (Å²) < 4.78 is 13.1. The zero-order chi connectivity index (χ0) is 11.5. The van der Waals surface area contributed by atoms with E-state index in [1.165, 1.54) is 12.1 Å². The van der Waals surface area contributed by atoms with Crippen molar-refractivity contribution in [3.8, 4) is 0 Å². The molecule has 0 spiro atoms. The average Bonchev–Trinajstić information content (AvgIpc) is 2.69. The normalized spacial score (nSPS) is 19.7. The maximum absolute atomic E-state index is 13.1. The smallest absolute Gasteiger partial charge is 0.274 e. The van der Waals surface area contributed by atoms with Crippen molar-refractivity contribution >= 4 is 11.4 Å². The van der Waals surface area contributed by atoms with Crippen LogP contribution in [-0.2, 0) is 0 Å². The van der Waals surface area contributed by atoms with Crippen molar-refractivity contribution in [1.29, 1.82) is 0 Å². The molecule has 2 rings (SSSR count). The second-order valence-electron chi connectivity index (χ2n) is 3.79. The second-order valence-corrected chi connectivity index (χ2v) is 3.79. The molecule has 0 amide bonds. The maximum atomic E-state index is 13.1. The molecule has 0 aliphatic carbocycles. The minimum atomic E-state index is -0.596. The molecule has 86 valence electrons. The Balaban J connectivity index is 2.16. The van der Waals surface area contributed by atoms with Gasteiger partial charge in [0.15, 0.2) is 0 Å². The van der Waals surface area contributed by atoms with E-state index in [0.29, 0.717) is 5.69 Å². The minimum absolute atomic E-state index is 0.210. The van der Waals surface area contributed by atoms with Gasteiger partial charge in [0.2, 0.25) is 0 Å². The number of halogens is 1. The molecule has 1 unspecified atom stereocenters. The first-order valence-corrected chi connectivity index (χ1v) is 5.07. The first kappa shape index (κ1) is 10.8. The molecule has 5 nitrogen and oxygen atoms in total. The molecule has 1 aliphatic heterocycles. The lowest BCUT2D eigenvalue weighted by Crippen LogP contribution is -2.22. The van der Waals surface area contributed by atoms with E-state index in [4.69, 9.17) is 0 Å². The summed E-state index contributed by atoms with van der Waals surface area (Å²) in [6, 6.07) is 3.74. The Hall–Kier alpha value is -1.69. The highest BCUT2D eigenvalue weighted by Crippen LogP contribution is 2.21. The molecular formula is C10H12FN3O2. The predicted molar refractivity (Wildman–Crippen MR) is 58.0 cm³/mol. The van der Waals surface area contributed by atoms with E-state index < -0.39 is 10.7 Å². The van der Waals surface area contributed by atoms with Crippen LogP contribution in [0.25, 0.3) is 0 Å². The fraction of sp³-hybridized carbons (Fsp3) is 0.400. The lowest BCUT2D eigenvalue weighted by Gasteiger charge is -2.12. The van der Waals surface area contributed by atoms with Crippen molar-refractivity contribution in [1.82, 2.24) is 5.32 Å². The summed E-state index contributed by atoms with van der Waals surface area (Å²) in [5.41, 5.74) is 0.230. The van der Waals surface area contributed by atoms with Crippen molar-refractivity contribution in [2.75, 3.05) is 18.4 Å². The molecule has 1 atom stereocenters. The number of benzene rings is 1. The topological polar surface area (TPSA) is 67.2 Å². The molecule has 0 bridgehead atoms. The third kappa shape index (κ3) is 2.46. The molecule has 2 N–H and O–H groups in total. The first-order valence-electron chi connectivity index (χ1n) is 5.07. The van der Waals surface area contributed by atoms with E-state index in [9.17, 15) is 14.5 Å². The maximum Gasteiger partial charge on any atom is 0.274 e. The molecule has 1 saturated heterocycles. The number of nitro benzene ring substituents is 1. The van der Waals surface area contributed by atoms with E-state index in [0.717, 1.165) is 25.6 Å². The molecule has 1 heterocycles. The number of nitrogens with zero attached hydrogens (tertiary/aromatic N) is 1. The van der Waals surface area contributed by atoms with E-state index in [1.54, 1.807) is 0 Å². The number of anilines is 1. The van der Waals surface area contributed by atoms with E-state index in [-0.39, 0.29) is 11.7 Å². The fourth-order valence-corrected chi connectivity index (χ4v) is 1.78. The monoisotopic (exact) mass is 225 g/mol. The van der Waals surface area contributed by atoms with Crippen LogP contribution in [0, 0.1) is 15.9 Å². The Kier molecular flexibility index (Phi) is 3.00. The third-order valence-electron chi connectivity index (χ3n) is 2.52. The molecule has 1 aromatic rings. The Morgan fingerprint density at radius 3 is 2.94 bits per heavy atom. The van der Waals surface area contributed by atoms with Gasteiger partial charge in [-0.1, -0.05) is 0 Å². The molecule has 0 aromatic heterocycles. The summed E-state index contributed by atoms with van der Waals surface area (Å²) in [6.45, 7) is 1.71. The lowest BCUT2D eigenvalue weighted by molar-refractivity contribution is -0.385. The summed E-state index contributed by atoms with van der Waals surface area (Å²) in [6.07, 6.45) is 0.935. The van der Waals surface area contributed by atoms with Gasteiger partial charge in [0, 0.05) is 24.3 Å². The highest BCUT2D eigenvalue weighted by molar-refractivity contribution is 5.52. The van der Waals surface area contributed by atoms with Gasteiger partial charge >= 0.3 is 0 Å². The molecule has 0 saturated carbocycles. The van der Waals surface area contributed by atoms with Crippen LogP contribution >= 0.6 is 0 Å². The van der Waals surface area contributed by atoms with Gasteiger partial charge in [0.05, 0.1) is 11.0 Å². The lowest BCUT2D eigenvalue weighted by atomic mass is 10.2. The summed E-state index contributed by atoms with van der Waals surface area (Å²) in [5, 5.41) is 16.8. The van der Waals surface area contributed by atoms with Crippen LogP contribution in [0.3, 0.4) is 0 Å². The summed E-state index contributed by atoms with van der Waals surface area (Å²) in [4.78, 5) is 9.95. The zero-order valence-electron chi connectivity index (χ0n) is 8.57. The third-order valence-corrected chi connectivity index (χ3v) is 2.52. The molecule has 6 heteroatoms. The Labute approximate surface area is 91.8 Å². The number of hydrogen-bond acceptors (Lipinski definition) is 4. The molecule has 16 heavy (non-hydrogen) atoms. The number of non-ortho nitro benzene ring substituents is 1. The van der Waals surface area contributed by atoms with Crippen molar-refractivity contribution in [2.45, 2.75) is 12.5 Å². The molecule has 1 aromatic carbocycles. The van der Waals surface area contributed by atoms with Crippen LogP contribution in [0.15, 0.2) is 18.2 Å². The quantitative estimate of drug-likeness (QED) is 0.604. The largest absolute Gasteiger partial charge is 0.381 e. The van der Waals surface area contributed by atoms with Crippen LogP contribution in [0.2, 0.25) is 0 Å². The zero-order valence-corrected chi connectivity index (χ0v) is 8.57. The van der Waals surface area contributed by atoms with Gasteiger partial charge in [0.25, 0.3) is 5.69 Å². The second kappa shape index (κ2) is 4.44.